The molecule has 0 aliphatic heterocycles. The summed E-state index contributed by atoms with van der Waals surface area (Å²) in [5, 5.41) is 8.82. The lowest BCUT2D eigenvalue weighted by molar-refractivity contribution is -0.119. The molecule has 0 bridgehead atoms. The first-order valence-corrected chi connectivity index (χ1v) is 7.93. The van der Waals surface area contributed by atoms with E-state index in [1.54, 1.807) is 6.92 Å². The molecular formula is C13H13BrN2O3S. The van der Waals surface area contributed by atoms with Gasteiger partial charge < -0.3 is 0 Å². The summed E-state index contributed by atoms with van der Waals surface area (Å²) in [7, 11) is -3.97. The van der Waals surface area contributed by atoms with E-state index < -0.39 is 15.9 Å². The highest BCUT2D eigenvalue weighted by Crippen LogP contribution is 2.19. The molecule has 1 rings (SSSR count). The Morgan fingerprint density at radius 3 is 2.60 bits per heavy atom. The van der Waals surface area contributed by atoms with Gasteiger partial charge in [0.15, 0.2) is 0 Å². The second-order valence-corrected chi connectivity index (χ2v) is 6.87. The molecule has 0 saturated heterocycles. The number of nitrogens with one attached hydrogen (secondary N) is 1. The van der Waals surface area contributed by atoms with Gasteiger partial charge in [0.2, 0.25) is 5.91 Å². The van der Waals surface area contributed by atoms with Gasteiger partial charge in [-0.3, -0.25) is 4.79 Å². The summed E-state index contributed by atoms with van der Waals surface area (Å²) < 4.78 is 26.5. The van der Waals surface area contributed by atoms with Gasteiger partial charge in [0.1, 0.15) is 0 Å². The molecule has 1 N–H and O–H groups in total. The van der Waals surface area contributed by atoms with Crippen LogP contribution in [-0.4, -0.2) is 14.3 Å². The Balaban J connectivity index is 2.95. The number of halogens is 1. The van der Waals surface area contributed by atoms with Crippen LogP contribution in [0.3, 0.4) is 0 Å². The van der Waals surface area contributed by atoms with Crippen LogP contribution in [0.2, 0.25) is 0 Å². The van der Waals surface area contributed by atoms with Crippen molar-refractivity contribution in [3.8, 4) is 6.07 Å². The van der Waals surface area contributed by atoms with Crippen LogP contribution in [-0.2, 0) is 14.8 Å². The highest BCUT2D eigenvalue weighted by Gasteiger charge is 2.18. The van der Waals surface area contributed by atoms with E-state index in [1.807, 2.05) is 10.8 Å². The number of carbonyl (C=O) groups is 1. The van der Waals surface area contributed by atoms with Gasteiger partial charge in [0.25, 0.3) is 10.0 Å². The lowest BCUT2D eigenvalue weighted by Crippen LogP contribution is -2.30. The molecule has 20 heavy (non-hydrogen) atoms. The third-order valence-electron chi connectivity index (χ3n) is 2.34. The maximum Gasteiger partial charge on any atom is 0.264 e. The predicted octanol–water partition coefficient (Wildman–Crippen LogP) is 2.48. The molecule has 7 heteroatoms. The van der Waals surface area contributed by atoms with E-state index in [-0.39, 0.29) is 16.9 Å². The lowest BCUT2D eigenvalue weighted by atomic mass is 10.2. The minimum absolute atomic E-state index is 0.0493. The molecule has 1 aromatic rings. The molecule has 5 nitrogen and oxygen atoms in total. The van der Waals surface area contributed by atoms with Crippen molar-refractivity contribution in [3.63, 3.8) is 0 Å². The van der Waals surface area contributed by atoms with Gasteiger partial charge in [0.05, 0.1) is 16.5 Å². The monoisotopic (exact) mass is 356 g/mol. The van der Waals surface area contributed by atoms with Gasteiger partial charge >= 0.3 is 0 Å². The Morgan fingerprint density at radius 1 is 1.40 bits per heavy atom. The number of nitrogens with zero attached hydrogens (tertiary/aromatic N) is 1. The second-order valence-electron chi connectivity index (χ2n) is 4.27. The van der Waals surface area contributed by atoms with E-state index in [0.717, 1.165) is 5.57 Å². The summed E-state index contributed by atoms with van der Waals surface area (Å²) in [6.45, 7) is 5.40. The third-order valence-corrected chi connectivity index (χ3v) is 4.15. The van der Waals surface area contributed by atoms with E-state index in [2.05, 4.69) is 22.5 Å². The quantitative estimate of drug-likeness (QED) is 0.821. The van der Waals surface area contributed by atoms with Gasteiger partial charge in [-0.15, -0.1) is 6.58 Å². The number of nitriles is 1. The first-order chi connectivity index (χ1) is 9.24. The number of hydrogen-bond donors (Lipinski definition) is 1. The summed E-state index contributed by atoms with van der Waals surface area (Å²) in [4.78, 5) is 11.4. The van der Waals surface area contributed by atoms with Crippen molar-refractivity contribution in [3.05, 3.63) is 40.4 Å². The largest absolute Gasteiger partial charge is 0.274 e. The summed E-state index contributed by atoms with van der Waals surface area (Å²) >= 11 is 3.12. The van der Waals surface area contributed by atoms with Gasteiger partial charge in [-0.25, -0.2) is 13.1 Å². The SMILES string of the molecule is C=C(C)CCC(=O)NS(=O)(=O)c1cc(Br)cc(C#N)c1. The van der Waals surface area contributed by atoms with Crippen molar-refractivity contribution < 1.29 is 13.2 Å². The third kappa shape index (κ3) is 4.79. The highest BCUT2D eigenvalue weighted by molar-refractivity contribution is 9.10. The smallest absolute Gasteiger partial charge is 0.264 e. The molecule has 1 aromatic carbocycles. The number of rotatable bonds is 5. The highest BCUT2D eigenvalue weighted by atomic mass is 79.9. The topological polar surface area (TPSA) is 87.0 Å². The van der Waals surface area contributed by atoms with Crippen LogP contribution in [0, 0.1) is 11.3 Å². The van der Waals surface area contributed by atoms with Crippen molar-refractivity contribution in [2.24, 2.45) is 0 Å². The van der Waals surface area contributed by atoms with Crippen LogP contribution in [0.4, 0.5) is 0 Å². The van der Waals surface area contributed by atoms with Crippen molar-refractivity contribution in [2.45, 2.75) is 24.7 Å². The zero-order valence-electron chi connectivity index (χ0n) is 10.8. The summed E-state index contributed by atoms with van der Waals surface area (Å²) in [6.07, 6.45) is 0.469. The van der Waals surface area contributed by atoms with Crippen molar-refractivity contribution in [1.82, 2.24) is 4.72 Å². The lowest BCUT2D eigenvalue weighted by Gasteiger charge is -2.07. The number of sulfonamides is 1. The Kier molecular flexibility index (Phi) is 5.48. The van der Waals surface area contributed by atoms with Crippen LogP contribution in [0.25, 0.3) is 0 Å². The summed E-state index contributed by atoms with van der Waals surface area (Å²) in [5.74, 6) is -0.605. The number of amides is 1. The molecule has 0 atom stereocenters. The first kappa shape index (κ1) is 16.4. The van der Waals surface area contributed by atoms with E-state index in [0.29, 0.717) is 10.9 Å². The van der Waals surface area contributed by atoms with Crippen LogP contribution in [0.5, 0.6) is 0 Å². The molecule has 0 unspecified atom stereocenters. The molecule has 1 amide bonds. The number of benzene rings is 1. The molecule has 0 radical (unpaired) electrons. The van der Waals surface area contributed by atoms with Crippen LogP contribution < -0.4 is 4.72 Å². The normalized spacial score (nSPS) is 10.7. The number of allylic oxidation sites excluding steroid dienone is 1. The minimum atomic E-state index is -3.97. The first-order valence-electron chi connectivity index (χ1n) is 5.65. The fourth-order valence-corrected chi connectivity index (χ4v) is 3.10. The summed E-state index contributed by atoms with van der Waals surface area (Å²) in [5.41, 5.74) is 0.987. The van der Waals surface area contributed by atoms with Gasteiger partial charge in [-0.1, -0.05) is 21.5 Å². The zero-order chi connectivity index (χ0) is 15.3. The van der Waals surface area contributed by atoms with Crippen molar-refractivity contribution >= 4 is 31.9 Å². The molecule has 0 aliphatic rings. The van der Waals surface area contributed by atoms with E-state index in [4.69, 9.17) is 5.26 Å². The standard InChI is InChI=1S/C13H13BrN2O3S/c1-9(2)3-4-13(17)16-20(18,19)12-6-10(8-15)5-11(14)7-12/h5-7H,1,3-4H2,2H3,(H,16,17). The Morgan fingerprint density at radius 2 is 2.05 bits per heavy atom. The van der Waals surface area contributed by atoms with Gasteiger partial charge in [0, 0.05) is 10.9 Å². The second kappa shape index (κ2) is 6.68. The van der Waals surface area contributed by atoms with Crippen LogP contribution in [0.15, 0.2) is 39.7 Å². The fraction of sp³-hybridized carbons (Fsp3) is 0.231. The average molecular weight is 357 g/mol. The zero-order valence-corrected chi connectivity index (χ0v) is 13.2. The molecule has 0 fully saturated rings. The van der Waals surface area contributed by atoms with E-state index in [1.165, 1.54) is 18.2 Å². The fourth-order valence-electron chi connectivity index (χ4n) is 1.37. The Bertz CT molecular complexity index is 690. The molecular weight excluding hydrogens is 344 g/mol. The Hall–Kier alpha value is -1.65. The molecule has 0 saturated carbocycles. The van der Waals surface area contributed by atoms with E-state index in [9.17, 15) is 13.2 Å². The van der Waals surface area contributed by atoms with Crippen molar-refractivity contribution in [2.75, 3.05) is 0 Å². The van der Waals surface area contributed by atoms with E-state index >= 15 is 0 Å². The molecule has 0 heterocycles. The molecule has 0 aromatic heterocycles. The van der Waals surface area contributed by atoms with Gasteiger partial charge in [-0.2, -0.15) is 5.26 Å². The maximum absolute atomic E-state index is 12.0. The molecule has 0 aliphatic carbocycles. The Labute approximate surface area is 126 Å². The number of carbonyl (C=O) groups excluding carboxylic acids is 1. The maximum atomic E-state index is 12.0. The summed E-state index contributed by atoms with van der Waals surface area (Å²) in [6, 6.07) is 5.88. The predicted molar refractivity (Wildman–Crippen MR) is 78.2 cm³/mol. The number of hydrogen-bond acceptors (Lipinski definition) is 4. The van der Waals surface area contributed by atoms with Crippen LogP contribution in [0.1, 0.15) is 25.3 Å². The van der Waals surface area contributed by atoms with Crippen molar-refractivity contribution in [1.29, 1.82) is 5.26 Å². The van der Waals surface area contributed by atoms with Gasteiger partial charge in [-0.05, 0) is 31.5 Å². The minimum Gasteiger partial charge on any atom is -0.274 e. The molecule has 0 spiro atoms. The molecule has 106 valence electrons. The average Bonchev–Trinajstić information content (AvgIpc) is 2.35. The van der Waals surface area contributed by atoms with Crippen LogP contribution >= 0.6 is 15.9 Å².